The quantitative estimate of drug-likeness (QED) is 0.717. The molecule has 0 saturated carbocycles. The predicted octanol–water partition coefficient (Wildman–Crippen LogP) is 4.44. The summed E-state index contributed by atoms with van der Waals surface area (Å²) in [7, 11) is 0. The minimum Gasteiger partial charge on any atom is -0.341 e. The van der Waals surface area contributed by atoms with Gasteiger partial charge in [0.25, 0.3) is 5.91 Å². The predicted molar refractivity (Wildman–Crippen MR) is 110 cm³/mol. The Bertz CT molecular complexity index is 922. The molecular formula is C21H19ClN2O2S. The van der Waals surface area contributed by atoms with Crippen LogP contribution in [0.5, 0.6) is 0 Å². The SMILES string of the molecule is O=C(CN1C(=O)/C(=C\c2cccc(Cl)c2)Sc2ccccc21)N1CCCC1. The number of likely N-dealkylation sites (tertiary alicyclic amines) is 1. The van der Waals surface area contributed by atoms with Gasteiger partial charge in [0.15, 0.2) is 0 Å². The van der Waals surface area contributed by atoms with E-state index in [0.717, 1.165) is 42.1 Å². The molecule has 0 unspecified atom stereocenters. The number of benzene rings is 2. The van der Waals surface area contributed by atoms with E-state index in [0.29, 0.717) is 9.93 Å². The van der Waals surface area contributed by atoms with Crippen molar-refractivity contribution in [3.63, 3.8) is 0 Å². The van der Waals surface area contributed by atoms with Gasteiger partial charge in [0.1, 0.15) is 6.54 Å². The highest BCUT2D eigenvalue weighted by Gasteiger charge is 2.32. The smallest absolute Gasteiger partial charge is 0.265 e. The number of thioether (sulfide) groups is 1. The van der Waals surface area contributed by atoms with E-state index in [1.807, 2.05) is 53.4 Å². The van der Waals surface area contributed by atoms with Gasteiger partial charge in [-0.25, -0.2) is 0 Å². The third-order valence-electron chi connectivity index (χ3n) is 4.73. The summed E-state index contributed by atoms with van der Waals surface area (Å²) in [4.78, 5) is 30.8. The Morgan fingerprint density at radius 1 is 1.11 bits per heavy atom. The van der Waals surface area contributed by atoms with E-state index in [2.05, 4.69) is 0 Å². The fourth-order valence-corrected chi connectivity index (χ4v) is 4.63. The number of carbonyl (C=O) groups excluding carboxylic acids is 2. The first-order valence-electron chi connectivity index (χ1n) is 8.95. The number of hydrogen-bond acceptors (Lipinski definition) is 3. The van der Waals surface area contributed by atoms with Crippen LogP contribution in [0.4, 0.5) is 5.69 Å². The van der Waals surface area contributed by atoms with E-state index in [1.165, 1.54) is 11.8 Å². The lowest BCUT2D eigenvalue weighted by Crippen LogP contribution is -2.43. The minimum atomic E-state index is -0.147. The second-order valence-corrected chi connectivity index (χ2v) is 8.13. The molecule has 138 valence electrons. The lowest BCUT2D eigenvalue weighted by Gasteiger charge is -2.31. The van der Waals surface area contributed by atoms with Crippen molar-refractivity contribution in [2.45, 2.75) is 17.7 Å². The van der Waals surface area contributed by atoms with Crippen LogP contribution >= 0.6 is 23.4 Å². The van der Waals surface area contributed by atoms with Crippen LogP contribution < -0.4 is 4.90 Å². The Morgan fingerprint density at radius 2 is 1.89 bits per heavy atom. The van der Waals surface area contributed by atoms with E-state index < -0.39 is 0 Å². The third-order valence-corrected chi connectivity index (χ3v) is 6.04. The van der Waals surface area contributed by atoms with Crippen LogP contribution in [-0.2, 0) is 9.59 Å². The summed E-state index contributed by atoms with van der Waals surface area (Å²) >= 11 is 7.50. The van der Waals surface area contributed by atoms with Crippen molar-refractivity contribution < 1.29 is 9.59 Å². The molecule has 2 aromatic rings. The Morgan fingerprint density at radius 3 is 2.67 bits per heavy atom. The van der Waals surface area contributed by atoms with Crippen molar-refractivity contribution in [1.82, 2.24) is 4.90 Å². The molecule has 0 radical (unpaired) electrons. The molecule has 2 heterocycles. The molecule has 0 aliphatic carbocycles. The number of rotatable bonds is 3. The third kappa shape index (κ3) is 3.89. The van der Waals surface area contributed by atoms with Crippen molar-refractivity contribution in [2.75, 3.05) is 24.5 Å². The number of hydrogen-bond donors (Lipinski definition) is 0. The zero-order chi connectivity index (χ0) is 18.8. The van der Waals surface area contributed by atoms with Gasteiger partial charge >= 0.3 is 0 Å². The van der Waals surface area contributed by atoms with Crippen molar-refractivity contribution in [2.24, 2.45) is 0 Å². The number of nitrogens with zero attached hydrogens (tertiary/aromatic N) is 2. The molecule has 4 nitrogen and oxygen atoms in total. The lowest BCUT2D eigenvalue weighted by atomic mass is 10.2. The Labute approximate surface area is 167 Å². The number of halogens is 1. The van der Waals surface area contributed by atoms with E-state index in [-0.39, 0.29) is 18.4 Å². The molecule has 0 bridgehead atoms. The maximum atomic E-state index is 13.2. The highest BCUT2D eigenvalue weighted by Crippen LogP contribution is 2.42. The van der Waals surface area contributed by atoms with Gasteiger partial charge < -0.3 is 4.90 Å². The summed E-state index contributed by atoms with van der Waals surface area (Å²) in [6.07, 6.45) is 3.90. The molecule has 0 spiro atoms. The molecule has 1 saturated heterocycles. The molecule has 1 fully saturated rings. The van der Waals surface area contributed by atoms with Gasteiger partial charge in [-0.2, -0.15) is 0 Å². The topological polar surface area (TPSA) is 40.6 Å². The van der Waals surface area contributed by atoms with Crippen LogP contribution in [0.3, 0.4) is 0 Å². The van der Waals surface area contributed by atoms with Crippen LogP contribution in [0, 0.1) is 0 Å². The van der Waals surface area contributed by atoms with Crippen LogP contribution in [0.1, 0.15) is 18.4 Å². The van der Waals surface area contributed by atoms with Gasteiger partial charge in [-0.3, -0.25) is 14.5 Å². The van der Waals surface area contributed by atoms with Gasteiger partial charge in [-0.05, 0) is 48.7 Å². The van der Waals surface area contributed by atoms with E-state index in [4.69, 9.17) is 11.6 Å². The highest BCUT2D eigenvalue weighted by molar-refractivity contribution is 8.04. The van der Waals surface area contributed by atoms with Crippen molar-refractivity contribution >= 4 is 46.9 Å². The largest absolute Gasteiger partial charge is 0.341 e. The second-order valence-electron chi connectivity index (χ2n) is 6.61. The first kappa shape index (κ1) is 18.1. The normalized spacial score (nSPS) is 18.1. The van der Waals surface area contributed by atoms with Gasteiger partial charge in [-0.1, -0.05) is 47.6 Å². The standard InChI is InChI=1S/C21H19ClN2O2S/c22-16-7-5-6-15(12-16)13-19-21(26)24(14-20(25)23-10-3-4-11-23)17-8-1-2-9-18(17)27-19/h1-2,5-9,12-13H,3-4,10-11,14H2/b19-13+. The molecule has 0 aromatic heterocycles. The highest BCUT2D eigenvalue weighted by atomic mass is 35.5. The van der Waals surface area contributed by atoms with Crippen molar-refractivity contribution in [3.05, 3.63) is 64.0 Å². The number of anilines is 1. The van der Waals surface area contributed by atoms with Crippen LogP contribution in [0.2, 0.25) is 5.02 Å². The van der Waals surface area contributed by atoms with Crippen LogP contribution in [0.25, 0.3) is 6.08 Å². The maximum absolute atomic E-state index is 13.2. The number of para-hydroxylation sites is 1. The number of fused-ring (bicyclic) bond motifs is 1. The van der Waals surface area contributed by atoms with Gasteiger partial charge in [0.2, 0.25) is 5.91 Å². The monoisotopic (exact) mass is 398 g/mol. The summed E-state index contributed by atoms with van der Waals surface area (Å²) in [6.45, 7) is 1.63. The molecule has 6 heteroatoms. The van der Waals surface area contributed by atoms with E-state index in [1.54, 1.807) is 11.0 Å². The fourth-order valence-electron chi connectivity index (χ4n) is 3.37. The molecule has 2 aliphatic rings. The fraction of sp³-hybridized carbons (Fsp3) is 0.238. The minimum absolute atomic E-state index is 0.00431. The van der Waals surface area contributed by atoms with E-state index >= 15 is 0 Å². The summed E-state index contributed by atoms with van der Waals surface area (Å²) in [6, 6.07) is 15.1. The van der Waals surface area contributed by atoms with Gasteiger partial charge in [0.05, 0.1) is 10.6 Å². The van der Waals surface area contributed by atoms with Crippen LogP contribution in [-0.4, -0.2) is 36.3 Å². The number of amides is 2. The first-order chi connectivity index (χ1) is 13.1. The summed E-state index contributed by atoms with van der Waals surface area (Å²) in [5.41, 5.74) is 1.66. The van der Waals surface area contributed by atoms with Crippen molar-refractivity contribution in [1.29, 1.82) is 0 Å². The Balaban J connectivity index is 1.66. The average molecular weight is 399 g/mol. The molecule has 2 amide bonds. The van der Waals surface area contributed by atoms with Gasteiger partial charge in [-0.15, -0.1) is 0 Å². The second kappa shape index (κ2) is 7.79. The first-order valence-corrected chi connectivity index (χ1v) is 10.1. The molecule has 27 heavy (non-hydrogen) atoms. The summed E-state index contributed by atoms with van der Waals surface area (Å²) in [5, 5.41) is 0.624. The molecule has 0 atom stereocenters. The van der Waals surface area contributed by atoms with Crippen LogP contribution in [0.15, 0.2) is 58.3 Å². The molecular weight excluding hydrogens is 380 g/mol. The van der Waals surface area contributed by atoms with Gasteiger partial charge in [0, 0.05) is 23.0 Å². The maximum Gasteiger partial charge on any atom is 0.265 e. The molecule has 0 N–H and O–H groups in total. The molecule has 2 aliphatic heterocycles. The summed E-state index contributed by atoms with van der Waals surface area (Å²) < 4.78 is 0. The lowest BCUT2D eigenvalue weighted by molar-refractivity contribution is -0.130. The molecule has 2 aromatic carbocycles. The van der Waals surface area contributed by atoms with E-state index in [9.17, 15) is 9.59 Å². The Kier molecular flexibility index (Phi) is 5.23. The molecule has 4 rings (SSSR count). The zero-order valence-electron chi connectivity index (χ0n) is 14.7. The Hall–Kier alpha value is -2.24. The van der Waals surface area contributed by atoms with Crippen molar-refractivity contribution in [3.8, 4) is 0 Å². The zero-order valence-corrected chi connectivity index (χ0v) is 16.3. The summed E-state index contributed by atoms with van der Waals surface area (Å²) in [5.74, 6) is -0.143. The number of carbonyl (C=O) groups is 2. The average Bonchev–Trinajstić information content (AvgIpc) is 3.20.